The van der Waals surface area contributed by atoms with Crippen molar-refractivity contribution in [2.45, 2.75) is 0 Å². The Morgan fingerprint density at radius 3 is 2.60 bits per heavy atom. The zero-order valence-corrected chi connectivity index (χ0v) is 14.9. The fourth-order valence-corrected chi connectivity index (χ4v) is 2.96. The molecule has 0 aromatic heterocycles. The molecule has 1 fully saturated rings. The van der Waals surface area contributed by atoms with Crippen molar-refractivity contribution in [3.63, 3.8) is 0 Å². The van der Waals surface area contributed by atoms with Gasteiger partial charge in [0.15, 0.2) is 5.11 Å². The summed E-state index contributed by atoms with van der Waals surface area (Å²) in [6, 6.07) is 10.1. The normalized spacial score (nSPS) is 16.3. The van der Waals surface area contributed by atoms with E-state index in [2.05, 4.69) is 21.2 Å². The van der Waals surface area contributed by atoms with Crippen LogP contribution >= 0.6 is 28.1 Å². The number of phenolic OH excluding ortho intramolecular Hbond substituents is 1. The van der Waals surface area contributed by atoms with E-state index >= 15 is 0 Å². The molecule has 3 rings (SSSR count). The number of amides is 2. The lowest BCUT2D eigenvalue weighted by molar-refractivity contribution is -0.122. The number of nitrogens with one attached hydrogen (secondary N) is 1. The number of hydrogen-bond acceptors (Lipinski definition) is 4. The summed E-state index contributed by atoms with van der Waals surface area (Å²) in [5, 5.41) is 11.7. The molecule has 0 bridgehead atoms. The maximum atomic E-state index is 14.0. The van der Waals surface area contributed by atoms with E-state index in [0.717, 1.165) is 4.90 Å². The fraction of sp³-hybridized carbons (Fsp3) is 0. The van der Waals surface area contributed by atoms with Crippen molar-refractivity contribution in [2.24, 2.45) is 0 Å². The third-order valence-corrected chi connectivity index (χ3v) is 4.40. The van der Waals surface area contributed by atoms with Crippen LogP contribution in [-0.2, 0) is 9.59 Å². The number of halogens is 2. The zero-order chi connectivity index (χ0) is 18.1. The van der Waals surface area contributed by atoms with Gasteiger partial charge in [-0.05, 0) is 64.1 Å². The molecule has 0 saturated carbocycles. The van der Waals surface area contributed by atoms with Gasteiger partial charge in [0.2, 0.25) is 0 Å². The van der Waals surface area contributed by atoms with Crippen LogP contribution in [0.4, 0.5) is 10.1 Å². The van der Waals surface area contributed by atoms with Gasteiger partial charge in [0.05, 0.1) is 10.2 Å². The average molecular weight is 421 g/mol. The highest BCUT2D eigenvalue weighted by atomic mass is 79.9. The Balaban J connectivity index is 2.05. The first kappa shape index (κ1) is 17.2. The monoisotopic (exact) mass is 420 g/mol. The van der Waals surface area contributed by atoms with Gasteiger partial charge in [-0.15, -0.1) is 0 Å². The Kier molecular flexibility index (Phi) is 4.65. The van der Waals surface area contributed by atoms with E-state index in [0.29, 0.717) is 10.0 Å². The van der Waals surface area contributed by atoms with Crippen LogP contribution in [0.5, 0.6) is 5.75 Å². The highest BCUT2D eigenvalue weighted by Gasteiger charge is 2.35. The minimum absolute atomic E-state index is 0.0238. The number of para-hydroxylation sites is 1. The van der Waals surface area contributed by atoms with Gasteiger partial charge in [-0.1, -0.05) is 18.2 Å². The molecule has 0 radical (unpaired) electrons. The minimum atomic E-state index is -0.733. The number of hydrogen-bond donors (Lipinski definition) is 2. The Morgan fingerprint density at radius 1 is 1.20 bits per heavy atom. The Morgan fingerprint density at radius 2 is 1.92 bits per heavy atom. The lowest BCUT2D eigenvalue weighted by Gasteiger charge is -2.29. The number of thiocarbonyl (C=S) groups is 1. The van der Waals surface area contributed by atoms with E-state index < -0.39 is 17.6 Å². The molecule has 0 unspecified atom stereocenters. The predicted molar refractivity (Wildman–Crippen MR) is 98.4 cm³/mol. The molecule has 8 heteroatoms. The van der Waals surface area contributed by atoms with Crippen LogP contribution in [0.2, 0.25) is 0 Å². The van der Waals surface area contributed by atoms with Crippen LogP contribution in [0.15, 0.2) is 52.5 Å². The summed E-state index contributed by atoms with van der Waals surface area (Å²) in [7, 11) is 0. The van der Waals surface area contributed by atoms with Crippen LogP contribution in [0.3, 0.4) is 0 Å². The van der Waals surface area contributed by atoms with E-state index in [4.69, 9.17) is 12.2 Å². The molecule has 0 aliphatic carbocycles. The van der Waals surface area contributed by atoms with E-state index in [1.165, 1.54) is 36.4 Å². The predicted octanol–water partition coefficient (Wildman–Crippen LogP) is 3.13. The van der Waals surface area contributed by atoms with Crippen LogP contribution < -0.4 is 10.2 Å². The van der Waals surface area contributed by atoms with Crippen molar-refractivity contribution in [3.05, 3.63) is 63.9 Å². The standard InChI is InChI=1S/C17H10BrFN2O3S/c18-11-8-9(5-6-14(11)22)7-10-15(23)20-17(25)21(16(10)24)13-4-2-1-3-12(13)19/h1-8,22H,(H,20,23,25)/b10-7+. The van der Waals surface area contributed by atoms with Gasteiger partial charge in [-0.2, -0.15) is 0 Å². The van der Waals surface area contributed by atoms with Crippen molar-refractivity contribution in [1.82, 2.24) is 5.32 Å². The van der Waals surface area contributed by atoms with E-state index in [1.807, 2.05) is 0 Å². The van der Waals surface area contributed by atoms with Gasteiger partial charge >= 0.3 is 0 Å². The third-order valence-electron chi connectivity index (χ3n) is 3.48. The molecule has 2 aromatic carbocycles. The quantitative estimate of drug-likeness (QED) is 0.444. The van der Waals surface area contributed by atoms with Crippen molar-refractivity contribution in [2.75, 3.05) is 4.90 Å². The van der Waals surface area contributed by atoms with Crippen LogP contribution in [-0.4, -0.2) is 22.0 Å². The number of carbonyl (C=O) groups is 2. The number of nitrogens with zero attached hydrogens (tertiary/aromatic N) is 1. The van der Waals surface area contributed by atoms with Gasteiger partial charge in [0.1, 0.15) is 17.1 Å². The van der Waals surface area contributed by atoms with Crippen LogP contribution in [0.1, 0.15) is 5.56 Å². The minimum Gasteiger partial charge on any atom is -0.507 e. The maximum Gasteiger partial charge on any atom is 0.270 e. The van der Waals surface area contributed by atoms with Gasteiger partial charge in [0, 0.05) is 0 Å². The largest absolute Gasteiger partial charge is 0.507 e. The van der Waals surface area contributed by atoms with E-state index in [-0.39, 0.29) is 22.1 Å². The second-order valence-corrected chi connectivity index (χ2v) is 6.36. The van der Waals surface area contributed by atoms with Crippen LogP contribution in [0, 0.1) is 5.82 Å². The number of phenols is 1. The molecule has 1 aliphatic heterocycles. The van der Waals surface area contributed by atoms with E-state index in [9.17, 15) is 19.1 Å². The second kappa shape index (κ2) is 6.73. The SMILES string of the molecule is O=C1NC(=S)N(c2ccccc2F)C(=O)/C1=C/c1ccc(O)c(Br)c1. The highest BCUT2D eigenvalue weighted by Crippen LogP contribution is 2.27. The smallest absolute Gasteiger partial charge is 0.270 e. The molecule has 2 amide bonds. The first-order chi connectivity index (χ1) is 11.9. The molecule has 2 aromatic rings. The van der Waals surface area contributed by atoms with Crippen LogP contribution in [0.25, 0.3) is 6.08 Å². The van der Waals surface area contributed by atoms with Crippen molar-refractivity contribution >= 4 is 56.8 Å². The zero-order valence-electron chi connectivity index (χ0n) is 12.5. The topological polar surface area (TPSA) is 69.6 Å². The summed E-state index contributed by atoms with van der Waals surface area (Å²) in [6.45, 7) is 0. The van der Waals surface area contributed by atoms with Gasteiger partial charge in [-0.3, -0.25) is 14.9 Å². The molecular weight excluding hydrogens is 411 g/mol. The Hall–Kier alpha value is -2.58. The molecule has 2 N–H and O–H groups in total. The average Bonchev–Trinajstić information content (AvgIpc) is 2.56. The highest BCUT2D eigenvalue weighted by molar-refractivity contribution is 9.10. The first-order valence-corrected chi connectivity index (χ1v) is 8.23. The summed E-state index contributed by atoms with van der Waals surface area (Å²) in [5.41, 5.74) is 0.259. The fourth-order valence-electron chi connectivity index (χ4n) is 2.29. The maximum absolute atomic E-state index is 14.0. The second-order valence-electron chi connectivity index (χ2n) is 5.12. The summed E-state index contributed by atoms with van der Waals surface area (Å²) < 4.78 is 14.5. The molecular formula is C17H10BrFN2O3S. The number of benzene rings is 2. The molecule has 126 valence electrons. The van der Waals surface area contributed by atoms with Gasteiger partial charge in [-0.25, -0.2) is 9.29 Å². The van der Waals surface area contributed by atoms with Crippen molar-refractivity contribution in [3.8, 4) is 5.75 Å². The van der Waals surface area contributed by atoms with Crippen molar-refractivity contribution < 1.29 is 19.1 Å². The lowest BCUT2D eigenvalue weighted by atomic mass is 10.1. The summed E-state index contributed by atoms with van der Waals surface area (Å²) in [4.78, 5) is 25.8. The molecule has 0 atom stereocenters. The summed E-state index contributed by atoms with van der Waals surface area (Å²) >= 11 is 8.18. The van der Waals surface area contributed by atoms with E-state index in [1.54, 1.807) is 12.1 Å². The summed E-state index contributed by atoms with van der Waals surface area (Å²) in [5.74, 6) is -2.02. The first-order valence-electron chi connectivity index (χ1n) is 7.03. The van der Waals surface area contributed by atoms with Crippen molar-refractivity contribution in [1.29, 1.82) is 0 Å². The number of carbonyl (C=O) groups excluding carboxylic acids is 2. The lowest BCUT2D eigenvalue weighted by Crippen LogP contribution is -2.54. The molecule has 1 heterocycles. The molecule has 1 saturated heterocycles. The molecule has 1 aliphatic rings. The van der Waals surface area contributed by atoms with Gasteiger partial charge < -0.3 is 5.11 Å². The molecule has 0 spiro atoms. The Labute approximate surface area is 155 Å². The third kappa shape index (κ3) is 3.31. The number of anilines is 1. The Bertz CT molecular complexity index is 945. The molecule has 5 nitrogen and oxygen atoms in total. The molecule has 25 heavy (non-hydrogen) atoms. The number of rotatable bonds is 2. The number of aromatic hydroxyl groups is 1. The summed E-state index contributed by atoms with van der Waals surface area (Å²) in [6.07, 6.45) is 1.34. The van der Waals surface area contributed by atoms with Gasteiger partial charge in [0.25, 0.3) is 11.8 Å².